The molecule has 5 nitrogen and oxygen atoms in total. The monoisotopic (exact) mass is 531 g/mol. The Morgan fingerprint density at radius 1 is 0.973 bits per heavy atom. The molecular formula is C24H17F8N3O2. The van der Waals surface area contributed by atoms with Crippen molar-refractivity contribution >= 4 is 11.5 Å². The van der Waals surface area contributed by atoms with Gasteiger partial charge in [-0.15, -0.1) is 0 Å². The molecule has 0 radical (unpaired) electrons. The highest BCUT2D eigenvalue weighted by Crippen LogP contribution is 2.38. The number of phenolic OH excluding ortho intramolecular Hbond substituents is 1. The van der Waals surface area contributed by atoms with Crippen LogP contribution in [0.3, 0.4) is 0 Å². The van der Waals surface area contributed by atoms with Crippen LogP contribution in [0.4, 0.5) is 40.8 Å². The fourth-order valence-electron chi connectivity index (χ4n) is 3.62. The summed E-state index contributed by atoms with van der Waals surface area (Å²) in [5.41, 5.74) is 0.361. The van der Waals surface area contributed by atoms with Gasteiger partial charge in [-0.25, -0.2) is 24.1 Å². The maximum absolute atomic E-state index is 14.2. The van der Waals surface area contributed by atoms with Gasteiger partial charge in [0.25, 0.3) is 0 Å². The fraction of sp³-hybridized carbons (Fsp3) is 0.208. The number of anilines is 1. The molecule has 196 valence electrons. The van der Waals surface area contributed by atoms with Crippen LogP contribution in [0.5, 0.6) is 5.75 Å². The highest BCUT2D eigenvalue weighted by Gasteiger charge is 2.38. The minimum absolute atomic E-state index is 0.0708. The number of hydroxylamine groups is 1. The lowest BCUT2D eigenvalue weighted by Crippen LogP contribution is -2.19. The van der Waals surface area contributed by atoms with Gasteiger partial charge in [0.05, 0.1) is 11.1 Å². The van der Waals surface area contributed by atoms with Crippen LogP contribution in [0.2, 0.25) is 0 Å². The Hall–Kier alpha value is -3.87. The van der Waals surface area contributed by atoms with Gasteiger partial charge in [0.2, 0.25) is 6.23 Å². The largest absolute Gasteiger partial charge is 0.503 e. The third kappa shape index (κ3) is 5.45. The fourth-order valence-corrected chi connectivity index (χ4v) is 3.62. The van der Waals surface area contributed by atoms with Crippen molar-refractivity contribution in [2.24, 2.45) is 4.99 Å². The minimum atomic E-state index is -5.01. The summed E-state index contributed by atoms with van der Waals surface area (Å²) in [4.78, 5) is 9.36. The lowest BCUT2D eigenvalue weighted by molar-refractivity contribution is -0.143. The second kappa shape index (κ2) is 9.54. The third-order valence-electron chi connectivity index (χ3n) is 5.60. The van der Waals surface area contributed by atoms with E-state index >= 15 is 0 Å². The number of hydrogen-bond donors (Lipinski definition) is 3. The number of rotatable bonds is 5. The third-order valence-corrected chi connectivity index (χ3v) is 5.60. The Labute approximate surface area is 204 Å². The van der Waals surface area contributed by atoms with Gasteiger partial charge in [0.15, 0.2) is 23.2 Å². The number of alkyl halides is 6. The van der Waals surface area contributed by atoms with Crippen molar-refractivity contribution < 1.29 is 45.1 Å². The minimum Gasteiger partial charge on any atom is -0.503 e. The number of aromatic hydroxyl groups is 1. The molecule has 0 aromatic heterocycles. The number of hydrogen-bond acceptors (Lipinski definition) is 5. The summed E-state index contributed by atoms with van der Waals surface area (Å²) in [6.07, 6.45) is -11.2. The van der Waals surface area contributed by atoms with Gasteiger partial charge in [-0.3, -0.25) is 0 Å². The van der Waals surface area contributed by atoms with Crippen LogP contribution in [0.1, 0.15) is 39.6 Å². The molecular weight excluding hydrogens is 514 g/mol. The first-order valence-electron chi connectivity index (χ1n) is 10.5. The van der Waals surface area contributed by atoms with Crippen molar-refractivity contribution in [3.05, 3.63) is 93.5 Å². The van der Waals surface area contributed by atoms with Crippen LogP contribution < -0.4 is 10.8 Å². The Kier molecular flexibility index (Phi) is 6.76. The second-order valence-corrected chi connectivity index (χ2v) is 8.10. The van der Waals surface area contributed by atoms with E-state index in [2.05, 4.69) is 15.8 Å². The number of halogens is 8. The lowest BCUT2D eigenvalue weighted by atomic mass is 10.0. The van der Waals surface area contributed by atoms with Crippen molar-refractivity contribution in [3.8, 4) is 5.75 Å². The molecule has 1 heterocycles. The lowest BCUT2D eigenvalue weighted by Gasteiger charge is -2.17. The van der Waals surface area contributed by atoms with E-state index < -0.39 is 59.2 Å². The van der Waals surface area contributed by atoms with Crippen molar-refractivity contribution in [1.29, 1.82) is 0 Å². The Morgan fingerprint density at radius 3 is 2.38 bits per heavy atom. The first kappa shape index (κ1) is 26.2. The normalized spacial score (nSPS) is 15.9. The topological polar surface area (TPSA) is 65.9 Å². The number of amidine groups is 1. The molecule has 4 rings (SSSR count). The van der Waals surface area contributed by atoms with Gasteiger partial charge in [0.1, 0.15) is 0 Å². The van der Waals surface area contributed by atoms with Crippen LogP contribution in [0.25, 0.3) is 0 Å². The second-order valence-electron chi connectivity index (χ2n) is 8.10. The first-order valence-corrected chi connectivity index (χ1v) is 10.5. The molecule has 3 aromatic carbocycles. The van der Waals surface area contributed by atoms with E-state index in [1.54, 1.807) is 19.1 Å². The van der Waals surface area contributed by atoms with E-state index in [1.165, 1.54) is 6.07 Å². The molecule has 0 aliphatic carbocycles. The molecule has 1 aliphatic rings. The van der Waals surface area contributed by atoms with Gasteiger partial charge in [-0.05, 0) is 48.4 Å². The van der Waals surface area contributed by atoms with Gasteiger partial charge in [-0.2, -0.15) is 26.3 Å². The summed E-state index contributed by atoms with van der Waals surface area (Å²) in [6, 6.07) is 8.02. The number of aliphatic imine (C=N–C) groups is 1. The molecule has 0 amide bonds. The summed E-state index contributed by atoms with van der Waals surface area (Å²) in [7, 11) is 0. The van der Waals surface area contributed by atoms with Crippen molar-refractivity contribution in [1.82, 2.24) is 5.48 Å². The molecule has 1 aliphatic heterocycles. The average Bonchev–Trinajstić information content (AvgIpc) is 3.31. The van der Waals surface area contributed by atoms with E-state index in [9.17, 15) is 40.2 Å². The molecule has 1 unspecified atom stereocenters. The average molecular weight is 531 g/mol. The quantitative estimate of drug-likeness (QED) is 0.325. The molecule has 0 spiro atoms. The molecule has 3 N–H and O–H groups in total. The Bertz CT molecular complexity index is 1370. The van der Waals surface area contributed by atoms with E-state index in [1.807, 2.05) is 0 Å². The highest BCUT2D eigenvalue weighted by atomic mass is 19.4. The van der Waals surface area contributed by atoms with Gasteiger partial charge < -0.3 is 10.4 Å². The molecule has 0 saturated heterocycles. The number of phenols is 1. The SMILES string of the molecule is Cc1ccc(C2=NC(c3ccc(F)c(O)c3F)ON2)cc1NCc1ccc(C(F)(F)F)cc1C(F)(F)F. The first-order chi connectivity index (χ1) is 17.3. The Morgan fingerprint density at radius 2 is 1.70 bits per heavy atom. The zero-order valence-electron chi connectivity index (χ0n) is 18.7. The predicted molar refractivity (Wildman–Crippen MR) is 116 cm³/mol. The molecule has 1 atom stereocenters. The van der Waals surface area contributed by atoms with Crippen LogP contribution in [0, 0.1) is 18.6 Å². The molecule has 0 fully saturated rings. The number of nitrogens with one attached hydrogen (secondary N) is 2. The summed E-state index contributed by atoms with van der Waals surface area (Å²) < 4.78 is 107. The van der Waals surface area contributed by atoms with Crippen molar-refractivity contribution in [2.75, 3.05) is 5.32 Å². The summed E-state index contributed by atoms with van der Waals surface area (Å²) >= 11 is 0. The molecule has 13 heteroatoms. The smallest absolute Gasteiger partial charge is 0.416 e. The zero-order chi connectivity index (χ0) is 27.1. The molecule has 37 heavy (non-hydrogen) atoms. The summed E-state index contributed by atoms with van der Waals surface area (Å²) in [6.45, 7) is 1.22. The standard InChI is InChI=1S/C24H17F8N3O2/c1-11-2-3-12(21-34-22(37-35-21)15-6-7-17(25)20(36)19(15)26)8-18(11)33-10-13-4-5-14(23(27,28)29)9-16(13)24(30,31)32/h2-9,22,33,36H,10H2,1H3,(H,34,35). The van der Waals surface area contributed by atoms with Crippen LogP contribution in [-0.2, 0) is 23.7 Å². The maximum atomic E-state index is 14.2. The van der Waals surface area contributed by atoms with E-state index in [0.717, 1.165) is 18.2 Å². The van der Waals surface area contributed by atoms with Crippen LogP contribution >= 0.6 is 0 Å². The highest BCUT2D eigenvalue weighted by molar-refractivity contribution is 5.99. The zero-order valence-corrected chi connectivity index (χ0v) is 18.7. The van der Waals surface area contributed by atoms with E-state index in [4.69, 9.17) is 4.84 Å². The van der Waals surface area contributed by atoms with Crippen LogP contribution in [-0.4, -0.2) is 10.9 Å². The number of aryl methyl sites for hydroxylation is 1. The predicted octanol–water partition coefficient (Wildman–Crippen LogP) is 6.61. The molecule has 3 aromatic rings. The molecule has 0 bridgehead atoms. The summed E-state index contributed by atoms with van der Waals surface area (Å²) in [5.74, 6) is -3.48. The van der Waals surface area contributed by atoms with Gasteiger partial charge >= 0.3 is 12.4 Å². The van der Waals surface area contributed by atoms with Crippen molar-refractivity contribution in [2.45, 2.75) is 32.0 Å². The Balaban J connectivity index is 1.58. The van der Waals surface area contributed by atoms with Gasteiger partial charge in [-0.1, -0.05) is 18.2 Å². The van der Waals surface area contributed by atoms with E-state index in [0.29, 0.717) is 22.9 Å². The number of benzene rings is 3. The number of nitrogens with zero attached hydrogens (tertiary/aromatic N) is 1. The van der Waals surface area contributed by atoms with E-state index in [-0.39, 0.29) is 17.5 Å². The summed E-state index contributed by atoms with van der Waals surface area (Å²) in [5, 5.41) is 12.3. The van der Waals surface area contributed by atoms with Crippen molar-refractivity contribution in [3.63, 3.8) is 0 Å². The van der Waals surface area contributed by atoms with Crippen LogP contribution in [0.15, 0.2) is 53.5 Å². The molecule has 0 saturated carbocycles. The van der Waals surface area contributed by atoms with Gasteiger partial charge in [0, 0.05) is 23.4 Å². The maximum Gasteiger partial charge on any atom is 0.416 e.